The van der Waals surface area contributed by atoms with E-state index in [2.05, 4.69) is 90.8 Å². The summed E-state index contributed by atoms with van der Waals surface area (Å²) < 4.78 is 1.58. The van der Waals surface area contributed by atoms with Crippen molar-refractivity contribution in [3.8, 4) is 0 Å². The van der Waals surface area contributed by atoms with Crippen LogP contribution in [0.2, 0.25) is 0 Å². The third kappa shape index (κ3) is 5.03. The van der Waals surface area contributed by atoms with Gasteiger partial charge in [0.15, 0.2) is 0 Å². The van der Waals surface area contributed by atoms with E-state index in [1.807, 2.05) is 6.92 Å². The molecule has 2 rings (SSSR count). The Kier molecular flexibility index (Phi) is 6.05. The Bertz CT molecular complexity index is 674. The van der Waals surface area contributed by atoms with Gasteiger partial charge in [-0.3, -0.25) is 13.8 Å². The topological polar surface area (TPSA) is 17.1 Å². The van der Waals surface area contributed by atoms with Crippen LogP contribution in [0.4, 0.5) is 11.4 Å². The lowest BCUT2D eigenvalue weighted by Crippen LogP contribution is -2.34. The van der Waals surface area contributed by atoms with E-state index >= 15 is 0 Å². The summed E-state index contributed by atoms with van der Waals surface area (Å²) in [5, 5.41) is 0. The molecule has 0 aromatic heterocycles. The summed E-state index contributed by atoms with van der Waals surface area (Å²) in [5.74, 6) is 0.423. The minimum Gasteiger partial charge on any atom is -0.300 e. The van der Waals surface area contributed by atoms with Gasteiger partial charge in [0.2, 0.25) is 0 Å². The Morgan fingerprint density at radius 3 is 1.35 bits per heavy atom. The van der Waals surface area contributed by atoms with E-state index < -0.39 is 0 Å². The summed E-state index contributed by atoms with van der Waals surface area (Å²) >= 11 is 0. The van der Waals surface area contributed by atoms with E-state index in [-0.39, 0.29) is 5.92 Å². The van der Waals surface area contributed by atoms with Crippen molar-refractivity contribution in [2.45, 2.75) is 25.7 Å². The number of Topliss-reactive ketones (excluding diaryl/α,β-unsaturated/α-hetero) is 1. The van der Waals surface area contributed by atoms with Gasteiger partial charge in [0.25, 0.3) is 0 Å². The van der Waals surface area contributed by atoms with E-state index in [1.165, 1.54) is 22.5 Å². The van der Waals surface area contributed by atoms with Gasteiger partial charge in [0, 0.05) is 18.8 Å². The number of ketones is 1. The molecule has 0 amide bonds. The number of benzene rings is 2. The van der Waals surface area contributed by atoms with Crippen LogP contribution in [0.25, 0.3) is 0 Å². The zero-order valence-corrected chi connectivity index (χ0v) is 17.4. The first kappa shape index (κ1) is 20.3. The van der Waals surface area contributed by atoms with Gasteiger partial charge in [0.1, 0.15) is 17.2 Å². The van der Waals surface area contributed by atoms with Crippen molar-refractivity contribution in [2.75, 3.05) is 42.3 Å². The van der Waals surface area contributed by atoms with E-state index in [0.717, 1.165) is 8.97 Å². The number of hydrogen-bond acceptors (Lipinski definition) is 1. The van der Waals surface area contributed by atoms with E-state index in [4.69, 9.17) is 0 Å². The Hall–Kier alpha value is -1.97. The van der Waals surface area contributed by atoms with Gasteiger partial charge in [-0.15, -0.1) is 0 Å². The van der Waals surface area contributed by atoms with Crippen molar-refractivity contribution in [3.05, 3.63) is 59.7 Å². The summed E-state index contributed by atoms with van der Waals surface area (Å²) in [4.78, 5) is 12.2. The second-order valence-corrected chi connectivity index (χ2v) is 8.86. The van der Waals surface area contributed by atoms with Crippen molar-refractivity contribution >= 4 is 17.2 Å². The fraction of sp³-hybridized carbons (Fsp3) is 0.435. The molecule has 0 bridgehead atoms. The molecule has 0 saturated heterocycles. The van der Waals surface area contributed by atoms with Gasteiger partial charge in [-0.05, 0) is 35.4 Å². The first-order valence-electron chi connectivity index (χ1n) is 9.38. The lowest BCUT2D eigenvalue weighted by Gasteiger charge is -2.25. The molecule has 0 aliphatic heterocycles. The highest BCUT2D eigenvalue weighted by Gasteiger charge is 2.20. The second-order valence-electron chi connectivity index (χ2n) is 8.86. The lowest BCUT2D eigenvalue weighted by atomic mass is 9.86. The predicted molar refractivity (Wildman–Crippen MR) is 114 cm³/mol. The zero-order chi connectivity index (χ0) is 19.5. The van der Waals surface area contributed by atoms with Crippen LogP contribution in [-0.2, 0) is 4.79 Å². The number of quaternary nitrogens is 2. The van der Waals surface area contributed by atoms with Crippen LogP contribution in [0.5, 0.6) is 0 Å². The van der Waals surface area contributed by atoms with Crippen LogP contribution in [0.15, 0.2) is 48.5 Å². The van der Waals surface area contributed by atoms with Gasteiger partial charge >= 0.3 is 0 Å². The average Bonchev–Trinajstić information content (AvgIpc) is 2.58. The third-order valence-corrected chi connectivity index (χ3v) is 4.97. The van der Waals surface area contributed by atoms with E-state index in [9.17, 15) is 4.79 Å². The molecule has 26 heavy (non-hydrogen) atoms. The van der Waals surface area contributed by atoms with Crippen molar-refractivity contribution in [1.29, 1.82) is 0 Å². The molecule has 3 nitrogen and oxygen atoms in total. The lowest BCUT2D eigenvalue weighted by molar-refractivity contribution is -0.118. The number of carbonyl (C=O) groups excluding carboxylic acids is 1. The molecule has 0 spiro atoms. The largest absolute Gasteiger partial charge is 0.300 e. The number of rotatable bonds is 7. The maximum absolute atomic E-state index is 12.2. The fourth-order valence-electron chi connectivity index (χ4n) is 3.11. The smallest absolute Gasteiger partial charge is 0.133 e. The van der Waals surface area contributed by atoms with E-state index in [1.54, 1.807) is 0 Å². The molecule has 0 fully saturated rings. The average molecular weight is 355 g/mol. The Labute approximate surface area is 159 Å². The Balaban J connectivity index is 2.39. The molecule has 2 aromatic carbocycles. The molecule has 0 aliphatic rings. The van der Waals surface area contributed by atoms with Crippen LogP contribution < -0.4 is 8.97 Å². The summed E-state index contributed by atoms with van der Waals surface area (Å²) in [6, 6.07) is 17.4. The maximum atomic E-state index is 12.2. The minimum atomic E-state index is 0.116. The molecule has 0 atom stereocenters. The molecule has 140 valence electrons. The van der Waals surface area contributed by atoms with Crippen LogP contribution in [0, 0.1) is 0 Å². The summed E-state index contributed by atoms with van der Waals surface area (Å²) in [5.41, 5.74) is 4.94. The minimum absolute atomic E-state index is 0.116. The zero-order valence-electron chi connectivity index (χ0n) is 17.4. The van der Waals surface area contributed by atoms with Crippen molar-refractivity contribution < 1.29 is 4.79 Å². The fourth-order valence-corrected chi connectivity index (χ4v) is 3.11. The predicted octanol–water partition coefficient (Wildman–Crippen LogP) is 4.58. The molecule has 0 unspecified atom stereocenters. The van der Waals surface area contributed by atoms with Crippen LogP contribution in [0.1, 0.15) is 36.8 Å². The molecule has 2 aromatic rings. The first-order chi connectivity index (χ1) is 12.0. The van der Waals surface area contributed by atoms with Gasteiger partial charge < -0.3 is 0 Å². The summed E-state index contributed by atoms with van der Waals surface area (Å²) in [7, 11) is 13.0. The van der Waals surface area contributed by atoms with Crippen LogP contribution >= 0.6 is 0 Å². The number of hydrogen-bond donors (Lipinski definition) is 0. The molecule has 0 heterocycles. The first-order valence-corrected chi connectivity index (χ1v) is 9.38. The highest BCUT2D eigenvalue weighted by atomic mass is 16.1. The van der Waals surface area contributed by atoms with Gasteiger partial charge in [0.05, 0.1) is 42.3 Å². The highest BCUT2D eigenvalue weighted by molar-refractivity contribution is 5.79. The van der Waals surface area contributed by atoms with Gasteiger partial charge in [-0.25, -0.2) is 0 Å². The van der Waals surface area contributed by atoms with Crippen molar-refractivity contribution in [3.63, 3.8) is 0 Å². The second kappa shape index (κ2) is 7.73. The number of carbonyl (C=O) groups is 1. The van der Waals surface area contributed by atoms with E-state index in [0.29, 0.717) is 18.6 Å². The van der Waals surface area contributed by atoms with Crippen molar-refractivity contribution in [1.82, 2.24) is 8.97 Å². The quantitative estimate of drug-likeness (QED) is 0.665. The molecule has 0 saturated carbocycles. The van der Waals surface area contributed by atoms with Crippen LogP contribution in [-0.4, -0.2) is 48.1 Å². The summed E-state index contributed by atoms with van der Waals surface area (Å²) in [6.07, 6.45) is 1.15. The molecule has 0 N–H and O–H groups in total. The molecular formula is C23H34N2O+2. The maximum Gasteiger partial charge on any atom is 0.133 e. The molecule has 0 aliphatic carbocycles. The summed E-state index contributed by atoms with van der Waals surface area (Å²) in [6.45, 7) is 1.94. The molecule has 3 heteroatoms. The normalized spacial score (nSPS) is 12.5. The Morgan fingerprint density at radius 1 is 0.731 bits per heavy atom. The SMILES string of the molecule is CCC(=O)CC(c1ccc([N+](C)(C)C)cc1)c1ccc([N+](C)(C)C)cc1. The third-order valence-electron chi connectivity index (χ3n) is 4.97. The monoisotopic (exact) mass is 354 g/mol. The number of nitrogens with zero attached hydrogens (tertiary/aromatic N) is 2. The van der Waals surface area contributed by atoms with Gasteiger partial charge in [-0.1, -0.05) is 31.2 Å². The standard InChI is InChI=1S/C23H34N2O/c1-8-22(26)17-23(18-9-13-20(14-10-18)24(2,3)4)19-11-15-21(16-12-19)25(5,6)7/h9-16,23H,8,17H2,1-7H3/q+2. The molecule has 0 radical (unpaired) electrons. The van der Waals surface area contributed by atoms with Crippen LogP contribution in [0.3, 0.4) is 0 Å². The Morgan fingerprint density at radius 2 is 1.08 bits per heavy atom. The molecular weight excluding hydrogens is 320 g/mol. The van der Waals surface area contributed by atoms with Gasteiger partial charge in [-0.2, -0.15) is 0 Å². The van der Waals surface area contributed by atoms with Crippen molar-refractivity contribution in [2.24, 2.45) is 0 Å². The highest BCUT2D eigenvalue weighted by Crippen LogP contribution is 2.32.